The molecule has 2 heterocycles. The van der Waals surface area contributed by atoms with Gasteiger partial charge in [-0.1, -0.05) is 22.8 Å². The lowest BCUT2D eigenvalue weighted by Crippen LogP contribution is -2.26. The van der Waals surface area contributed by atoms with E-state index < -0.39 is 0 Å². The van der Waals surface area contributed by atoms with Crippen LogP contribution in [0.25, 0.3) is 11.4 Å². The predicted molar refractivity (Wildman–Crippen MR) is 98.4 cm³/mol. The van der Waals surface area contributed by atoms with Crippen molar-refractivity contribution in [2.24, 2.45) is 0 Å². The van der Waals surface area contributed by atoms with Gasteiger partial charge in [0.25, 0.3) is 0 Å². The monoisotopic (exact) mass is 370 g/mol. The van der Waals surface area contributed by atoms with Crippen molar-refractivity contribution in [1.82, 2.24) is 20.0 Å². The van der Waals surface area contributed by atoms with E-state index >= 15 is 0 Å². The van der Waals surface area contributed by atoms with Crippen LogP contribution in [-0.2, 0) is 17.8 Å². The number of amides is 1. The molecule has 3 rings (SSSR count). The van der Waals surface area contributed by atoms with Gasteiger partial charge >= 0.3 is 0 Å². The van der Waals surface area contributed by atoms with Crippen LogP contribution in [0, 0.1) is 0 Å². The molecular weight excluding hydrogens is 352 g/mol. The molecule has 134 valence electrons. The number of pyridine rings is 1. The molecule has 6 nitrogen and oxygen atoms in total. The van der Waals surface area contributed by atoms with E-state index in [0.717, 1.165) is 11.1 Å². The van der Waals surface area contributed by atoms with E-state index in [2.05, 4.69) is 15.1 Å². The van der Waals surface area contributed by atoms with Crippen LogP contribution in [0.3, 0.4) is 0 Å². The number of hydrogen-bond acceptors (Lipinski definition) is 5. The molecule has 2 aromatic heterocycles. The fourth-order valence-corrected chi connectivity index (χ4v) is 2.63. The summed E-state index contributed by atoms with van der Waals surface area (Å²) in [5, 5.41) is 4.63. The number of nitrogens with zero attached hydrogens (tertiary/aromatic N) is 4. The Morgan fingerprint density at radius 3 is 2.77 bits per heavy atom. The summed E-state index contributed by atoms with van der Waals surface area (Å²) >= 11 is 5.88. The molecule has 26 heavy (non-hydrogen) atoms. The minimum absolute atomic E-state index is 0.0753. The summed E-state index contributed by atoms with van der Waals surface area (Å²) in [6.07, 6.45) is 5.12. The van der Waals surface area contributed by atoms with Crippen LogP contribution in [0.15, 0.2) is 53.3 Å². The quantitative estimate of drug-likeness (QED) is 0.633. The van der Waals surface area contributed by atoms with Crippen molar-refractivity contribution in [2.45, 2.75) is 25.8 Å². The summed E-state index contributed by atoms with van der Waals surface area (Å²) < 4.78 is 5.26. The Morgan fingerprint density at radius 2 is 2.04 bits per heavy atom. The second-order valence-corrected chi connectivity index (χ2v) is 6.42. The molecule has 1 aromatic carbocycles. The van der Waals surface area contributed by atoms with Gasteiger partial charge in [0.1, 0.15) is 0 Å². The van der Waals surface area contributed by atoms with Crippen molar-refractivity contribution in [1.29, 1.82) is 0 Å². The molecule has 0 aliphatic carbocycles. The van der Waals surface area contributed by atoms with Gasteiger partial charge in [0.2, 0.25) is 17.6 Å². The van der Waals surface area contributed by atoms with Crippen LogP contribution in [0.1, 0.15) is 24.3 Å². The second-order valence-electron chi connectivity index (χ2n) is 5.98. The van der Waals surface area contributed by atoms with Crippen molar-refractivity contribution in [3.8, 4) is 11.4 Å². The molecule has 0 fully saturated rings. The number of benzene rings is 1. The number of aryl methyl sites for hydroxylation is 1. The summed E-state index contributed by atoms with van der Waals surface area (Å²) in [5.41, 5.74) is 1.85. The molecule has 0 atom stereocenters. The van der Waals surface area contributed by atoms with Gasteiger partial charge in [0.15, 0.2) is 0 Å². The van der Waals surface area contributed by atoms with Crippen LogP contribution in [-0.4, -0.2) is 33.0 Å². The SMILES string of the molecule is CN(Cc1cccnc1)C(=O)CCCc1nc(-c2ccc(Cl)cc2)no1. The second kappa shape index (κ2) is 8.58. The van der Waals surface area contributed by atoms with E-state index in [0.29, 0.717) is 42.5 Å². The molecule has 0 spiro atoms. The zero-order valence-electron chi connectivity index (χ0n) is 14.4. The molecule has 0 radical (unpaired) electrons. The molecule has 0 saturated carbocycles. The number of rotatable bonds is 7. The maximum Gasteiger partial charge on any atom is 0.226 e. The van der Waals surface area contributed by atoms with E-state index in [1.54, 1.807) is 36.5 Å². The van der Waals surface area contributed by atoms with Crippen LogP contribution < -0.4 is 0 Å². The summed E-state index contributed by atoms with van der Waals surface area (Å²) in [5.74, 6) is 1.13. The molecule has 3 aromatic rings. The van der Waals surface area contributed by atoms with E-state index in [9.17, 15) is 4.79 Å². The van der Waals surface area contributed by atoms with Crippen molar-refractivity contribution in [2.75, 3.05) is 7.05 Å². The molecule has 0 aliphatic heterocycles. The smallest absolute Gasteiger partial charge is 0.226 e. The number of aromatic nitrogens is 3. The highest BCUT2D eigenvalue weighted by Crippen LogP contribution is 2.19. The maximum absolute atomic E-state index is 12.2. The maximum atomic E-state index is 12.2. The van der Waals surface area contributed by atoms with Gasteiger partial charge in [-0.3, -0.25) is 9.78 Å². The van der Waals surface area contributed by atoms with Gasteiger partial charge in [-0.2, -0.15) is 4.98 Å². The summed E-state index contributed by atoms with van der Waals surface area (Å²) in [7, 11) is 1.79. The molecule has 0 bridgehead atoms. The predicted octanol–water partition coefficient (Wildman–Crippen LogP) is 3.77. The van der Waals surface area contributed by atoms with Gasteiger partial charge in [0.05, 0.1) is 0 Å². The first-order valence-electron chi connectivity index (χ1n) is 8.33. The average molecular weight is 371 g/mol. The number of hydrogen-bond donors (Lipinski definition) is 0. The largest absolute Gasteiger partial charge is 0.341 e. The Bertz CT molecular complexity index is 849. The summed E-state index contributed by atoms with van der Waals surface area (Å²) in [6.45, 7) is 0.550. The molecule has 0 saturated heterocycles. The molecule has 0 aliphatic rings. The van der Waals surface area contributed by atoms with E-state index in [-0.39, 0.29) is 5.91 Å². The molecule has 0 N–H and O–H groups in total. The number of halogens is 1. The van der Waals surface area contributed by atoms with Crippen LogP contribution in [0.4, 0.5) is 0 Å². The van der Waals surface area contributed by atoms with Gasteiger partial charge < -0.3 is 9.42 Å². The third-order valence-electron chi connectivity index (χ3n) is 3.92. The number of carbonyl (C=O) groups is 1. The minimum Gasteiger partial charge on any atom is -0.341 e. The minimum atomic E-state index is 0.0753. The lowest BCUT2D eigenvalue weighted by molar-refractivity contribution is -0.130. The van der Waals surface area contributed by atoms with Crippen molar-refractivity contribution < 1.29 is 9.32 Å². The lowest BCUT2D eigenvalue weighted by Gasteiger charge is -2.16. The molecule has 0 unspecified atom stereocenters. The molecule has 1 amide bonds. The Balaban J connectivity index is 1.47. The van der Waals surface area contributed by atoms with Crippen LogP contribution >= 0.6 is 11.6 Å². The molecule has 7 heteroatoms. The van der Waals surface area contributed by atoms with Gasteiger partial charge in [0, 0.05) is 49.4 Å². The van der Waals surface area contributed by atoms with Gasteiger partial charge in [-0.05, 0) is 42.3 Å². The highest BCUT2D eigenvalue weighted by molar-refractivity contribution is 6.30. The summed E-state index contributed by atoms with van der Waals surface area (Å²) in [6, 6.07) is 11.1. The number of carbonyl (C=O) groups excluding carboxylic acids is 1. The fourth-order valence-electron chi connectivity index (χ4n) is 2.51. The molecular formula is C19H19ClN4O2. The Labute approximate surface area is 156 Å². The van der Waals surface area contributed by atoms with E-state index in [1.807, 2.05) is 24.3 Å². The van der Waals surface area contributed by atoms with Crippen molar-refractivity contribution in [3.63, 3.8) is 0 Å². The first-order chi connectivity index (χ1) is 12.6. The first-order valence-corrected chi connectivity index (χ1v) is 8.71. The standard InChI is InChI=1S/C19H19ClN4O2/c1-24(13-14-4-3-11-21-12-14)18(25)6-2-5-17-22-19(23-26-17)15-7-9-16(20)10-8-15/h3-4,7-12H,2,5-6,13H2,1H3. The van der Waals surface area contributed by atoms with E-state index in [1.165, 1.54) is 0 Å². The fraction of sp³-hybridized carbons (Fsp3) is 0.263. The first kappa shape index (κ1) is 18.1. The highest BCUT2D eigenvalue weighted by Gasteiger charge is 2.12. The zero-order chi connectivity index (χ0) is 18.4. The van der Waals surface area contributed by atoms with Gasteiger partial charge in [-0.25, -0.2) is 0 Å². The third-order valence-corrected chi connectivity index (χ3v) is 4.17. The van der Waals surface area contributed by atoms with E-state index in [4.69, 9.17) is 16.1 Å². The van der Waals surface area contributed by atoms with Crippen molar-refractivity contribution >= 4 is 17.5 Å². The Hall–Kier alpha value is -2.73. The summed E-state index contributed by atoms with van der Waals surface area (Å²) in [4.78, 5) is 22.3. The van der Waals surface area contributed by atoms with Crippen LogP contribution in [0.5, 0.6) is 0 Å². The topological polar surface area (TPSA) is 72.1 Å². The van der Waals surface area contributed by atoms with Crippen molar-refractivity contribution in [3.05, 3.63) is 65.3 Å². The normalized spacial score (nSPS) is 10.7. The highest BCUT2D eigenvalue weighted by atomic mass is 35.5. The average Bonchev–Trinajstić information content (AvgIpc) is 3.12. The van der Waals surface area contributed by atoms with Gasteiger partial charge in [-0.15, -0.1) is 0 Å². The van der Waals surface area contributed by atoms with Crippen LogP contribution in [0.2, 0.25) is 5.02 Å². The Kier molecular flexibility index (Phi) is 5.96. The third kappa shape index (κ3) is 4.89. The lowest BCUT2D eigenvalue weighted by atomic mass is 10.2. The zero-order valence-corrected chi connectivity index (χ0v) is 15.2. The Morgan fingerprint density at radius 1 is 1.23 bits per heavy atom.